The lowest BCUT2D eigenvalue weighted by Crippen LogP contribution is -2.36. The lowest BCUT2D eigenvalue weighted by atomic mass is 10.3. The van der Waals surface area contributed by atoms with E-state index in [2.05, 4.69) is 15.6 Å². The molecule has 0 radical (unpaired) electrons. The van der Waals surface area contributed by atoms with Gasteiger partial charge in [-0.3, -0.25) is 0 Å². The quantitative estimate of drug-likeness (QED) is 0.657. The highest BCUT2D eigenvalue weighted by Gasteiger charge is 2.03. The number of pyridine rings is 1. The Morgan fingerprint density at radius 3 is 2.81 bits per heavy atom. The molecule has 0 aliphatic carbocycles. The number of aromatic nitrogens is 1. The lowest BCUT2D eigenvalue weighted by Gasteiger charge is -2.08. The third kappa shape index (κ3) is 5.56. The summed E-state index contributed by atoms with van der Waals surface area (Å²) in [5.41, 5.74) is 0.838. The third-order valence-corrected chi connectivity index (χ3v) is 4.44. The zero-order chi connectivity index (χ0) is 18.2. The van der Waals surface area contributed by atoms with Crippen LogP contribution < -0.4 is 15.4 Å². The van der Waals surface area contributed by atoms with Crippen LogP contribution in [0.5, 0.6) is 11.6 Å². The van der Waals surface area contributed by atoms with Gasteiger partial charge in [-0.2, -0.15) is 0 Å². The third-order valence-electron chi connectivity index (χ3n) is 3.51. The first kappa shape index (κ1) is 17.9. The predicted molar refractivity (Wildman–Crippen MR) is 99.0 cm³/mol. The topological polar surface area (TPSA) is 63.2 Å². The Morgan fingerprint density at radius 1 is 1.15 bits per heavy atom. The maximum Gasteiger partial charge on any atom is 0.315 e. The van der Waals surface area contributed by atoms with Crippen LogP contribution in [-0.4, -0.2) is 17.6 Å². The van der Waals surface area contributed by atoms with E-state index >= 15 is 0 Å². The number of thiophene rings is 1. The molecule has 0 aliphatic heterocycles. The van der Waals surface area contributed by atoms with Gasteiger partial charge in [0, 0.05) is 36.3 Å². The van der Waals surface area contributed by atoms with Crippen molar-refractivity contribution in [3.05, 3.63) is 76.4 Å². The van der Waals surface area contributed by atoms with Gasteiger partial charge in [-0.05, 0) is 35.6 Å². The van der Waals surface area contributed by atoms with Crippen LogP contribution in [0.25, 0.3) is 0 Å². The molecular weight excluding hydrogens is 353 g/mol. The number of rotatable bonds is 7. The van der Waals surface area contributed by atoms with Crippen molar-refractivity contribution in [1.29, 1.82) is 0 Å². The molecule has 0 fully saturated rings. The number of hydrogen-bond acceptors (Lipinski definition) is 4. The van der Waals surface area contributed by atoms with Crippen LogP contribution in [0.4, 0.5) is 9.18 Å². The largest absolute Gasteiger partial charge is 0.439 e. The molecule has 2 amide bonds. The summed E-state index contributed by atoms with van der Waals surface area (Å²) in [5, 5.41) is 7.61. The highest BCUT2D eigenvalue weighted by atomic mass is 32.1. The average molecular weight is 371 g/mol. The number of nitrogens with one attached hydrogen (secondary N) is 2. The van der Waals surface area contributed by atoms with Gasteiger partial charge in [-0.15, -0.1) is 11.3 Å². The van der Waals surface area contributed by atoms with Gasteiger partial charge in [0.15, 0.2) is 0 Å². The smallest absolute Gasteiger partial charge is 0.315 e. The normalized spacial score (nSPS) is 10.3. The van der Waals surface area contributed by atoms with Crippen molar-refractivity contribution < 1.29 is 13.9 Å². The van der Waals surface area contributed by atoms with Crippen molar-refractivity contribution in [1.82, 2.24) is 15.6 Å². The number of carbonyl (C=O) groups is 1. The minimum absolute atomic E-state index is 0.221. The van der Waals surface area contributed by atoms with Gasteiger partial charge in [0.05, 0.1) is 0 Å². The van der Waals surface area contributed by atoms with Crippen LogP contribution in [0, 0.1) is 5.82 Å². The van der Waals surface area contributed by atoms with Crippen molar-refractivity contribution in [3.8, 4) is 11.6 Å². The van der Waals surface area contributed by atoms with E-state index in [4.69, 9.17) is 4.74 Å². The maximum absolute atomic E-state index is 13.1. The molecule has 0 spiro atoms. The molecule has 0 saturated heterocycles. The van der Waals surface area contributed by atoms with Crippen molar-refractivity contribution in [2.45, 2.75) is 13.0 Å². The van der Waals surface area contributed by atoms with Gasteiger partial charge in [-0.25, -0.2) is 14.2 Å². The number of amides is 2. The zero-order valence-corrected chi connectivity index (χ0v) is 14.8. The molecule has 0 atom stereocenters. The van der Waals surface area contributed by atoms with E-state index in [1.54, 1.807) is 41.8 Å². The second kappa shape index (κ2) is 8.96. The summed E-state index contributed by atoms with van der Waals surface area (Å²) in [6, 6.07) is 13.2. The summed E-state index contributed by atoms with van der Waals surface area (Å²) in [4.78, 5) is 17.2. The van der Waals surface area contributed by atoms with Crippen molar-refractivity contribution in [2.24, 2.45) is 0 Å². The molecule has 26 heavy (non-hydrogen) atoms. The van der Waals surface area contributed by atoms with Gasteiger partial charge in [0.2, 0.25) is 5.88 Å². The zero-order valence-electron chi connectivity index (χ0n) is 13.9. The summed E-state index contributed by atoms with van der Waals surface area (Å²) in [6.45, 7) is 0.948. The van der Waals surface area contributed by atoms with Crippen LogP contribution in [0.2, 0.25) is 0 Å². The number of halogens is 1. The van der Waals surface area contributed by atoms with Crippen LogP contribution in [-0.2, 0) is 13.0 Å². The standard InChI is InChI=1S/C19H18FN3O2S/c20-15-3-1-4-16(11-15)25-18-7-6-14(12-22-18)13-23-19(24)21-9-8-17-5-2-10-26-17/h1-7,10-12H,8-9,13H2,(H2,21,23,24). The van der Waals surface area contributed by atoms with E-state index in [-0.39, 0.29) is 11.8 Å². The fourth-order valence-electron chi connectivity index (χ4n) is 2.23. The molecule has 0 saturated carbocycles. The molecule has 1 aromatic carbocycles. The number of hydrogen-bond donors (Lipinski definition) is 2. The number of carbonyl (C=O) groups excluding carboxylic acids is 1. The summed E-state index contributed by atoms with van der Waals surface area (Å²) in [5.74, 6) is 0.377. The molecule has 7 heteroatoms. The van der Waals surface area contributed by atoms with Gasteiger partial charge in [0.25, 0.3) is 0 Å². The van der Waals surface area contributed by atoms with Crippen LogP contribution in [0.3, 0.4) is 0 Å². The Kier molecular flexibility index (Phi) is 6.16. The van der Waals surface area contributed by atoms with Gasteiger partial charge in [0.1, 0.15) is 11.6 Å². The van der Waals surface area contributed by atoms with Crippen molar-refractivity contribution in [2.75, 3.05) is 6.54 Å². The SMILES string of the molecule is O=C(NCCc1cccs1)NCc1ccc(Oc2cccc(F)c2)nc1. The second-order valence-electron chi connectivity index (χ2n) is 5.50. The molecular formula is C19H18FN3O2S. The number of nitrogens with zero attached hydrogens (tertiary/aromatic N) is 1. The molecule has 3 aromatic rings. The monoisotopic (exact) mass is 371 g/mol. The molecule has 3 rings (SSSR count). The van der Waals surface area contributed by atoms with Crippen LogP contribution >= 0.6 is 11.3 Å². The van der Waals surface area contributed by atoms with Gasteiger partial charge < -0.3 is 15.4 Å². The number of urea groups is 1. The highest BCUT2D eigenvalue weighted by molar-refractivity contribution is 7.09. The van der Waals surface area contributed by atoms with E-state index in [9.17, 15) is 9.18 Å². The summed E-state index contributed by atoms with van der Waals surface area (Å²) >= 11 is 1.67. The first-order valence-corrected chi connectivity index (χ1v) is 8.99. The molecule has 0 bridgehead atoms. The summed E-state index contributed by atoms with van der Waals surface area (Å²) in [7, 11) is 0. The van der Waals surface area contributed by atoms with E-state index in [0.29, 0.717) is 24.7 Å². The van der Waals surface area contributed by atoms with E-state index in [1.807, 2.05) is 17.5 Å². The van der Waals surface area contributed by atoms with Crippen LogP contribution in [0.1, 0.15) is 10.4 Å². The summed E-state index contributed by atoms with van der Waals surface area (Å²) < 4.78 is 18.6. The molecule has 5 nitrogen and oxygen atoms in total. The molecule has 0 unspecified atom stereocenters. The van der Waals surface area contributed by atoms with Crippen molar-refractivity contribution >= 4 is 17.4 Å². The Balaban J connectivity index is 1.41. The Bertz CT molecular complexity index is 838. The van der Waals surface area contributed by atoms with E-state index < -0.39 is 0 Å². The van der Waals surface area contributed by atoms with Crippen molar-refractivity contribution in [3.63, 3.8) is 0 Å². The molecule has 134 valence electrons. The Morgan fingerprint density at radius 2 is 2.08 bits per heavy atom. The molecule has 0 aliphatic rings. The number of benzene rings is 1. The number of ether oxygens (including phenoxy) is 1. The molecule has 2 aromatic heterocycles. The van der Waals surface area contributed by atoms with E-state index in [0.717, 1.165) is 12.0 Å². The minimum Gasteiger partial charge on any atom is -0.439 e. The van der Waals surface area contributed by atoms with E-state index in [1.165, 1.54) is 17.0 Å². The van der Waals surface area contributed by atoms with Crippen LogP contribution in [0.15, 0.2) is 60.1 Å². The molecule has 2 N–H and O–H groups in total. The highest BCUT2D eigenvalue weighted by Crippen LogP contribution is 2.19. The first-order chi connectivity index (χ1) is 12.7. The molecule has 2 heterocycles. The Hall–Kier alpha value is -2.93. The first-order valence-electron chi connectivity index (χ1n) is 8.11. The fraction of sp³-hybridized carbons (Fsp3) is 0.158. The minimum atomic E-state index is -0.367. The maximum atomic E-state index is 13.1. The summed E-state index contributed by atoms with van der Waals surface area (Å²) in [6.07, 6.45) is 2.43. The van der Waals surface area contributed by atoms with Gasteiger partial charge in [-0.1, -0.05) is 18.2 Å². The average Bonchev–Trinajstić information content (AvgIpc) is 3.15. The predicted octanol–water partition coefficient (Wildman–Crippen LogP) is 4.12. The van der Waals surface area contributed by atoms with Gasteiger partial charge >= 0.3 is 6.03 Å². The fourth-order valence-corrected chi connectivity index (χ4v) is 2.93. The second-order valence-corrected chi connectivity index (χ2v) is 6.54. The lowest BCUT2D eigenvalue weighted by molar-refractivity contribution is 0.240. The Labute approximate surface area is 154 Å².